The van der Waals surface area contributed by atoms with Crippen molar-refractivity contribution in [2.75, 3.05) is 6.26 Å². The van der Waals surface area contributed by atoms with Crippen LogP contribution in [0.4, 0.5) is 0 Å². The van der Waals surface area contributed by atoms with Gasteiger partial charge in [0.25, 0.3) is 0 Å². The molecule has 0 bridgehead atoms. The zero-order chi connectivity index (χ0) is 19.8. The highest BCUT2D eigenvalue weighted by molar-refractivity contribution is 7.99. The van der Waals surface area contributed by atoms with Crippen LogP contribution in [0.2, 0.25) is 0 Å². The molecule has 0 radical (unpaired) electrons. The van der Waals surface area contributed by atoms with E-state index in [1.54, 1.807) is 4.68 Å². The Kier molecular flexibility index (Phi) is 4.65. The normalized spacial score (nSPS) is 11.1. The van der Waals surface area contributed by atoms with Crippen molar-refractivity contribution in [2.24, 2.45) is 7.05 Å². The maximum Gasteiger partial charge on any atom is 0.339 e. The summed E-state index contributed by atoms with van der Waals surface area (Å²) in [6.07, 6.45) is 1.89. The van der Waals surface area contributed by atoms with Gasteiger partial charge in [-0.05, 0) is 13.2 Å². The Morgan fingerprint density at radius 3 is 2.25 bits per heavy atom. The molecule has 28 heavy (non-hydrogen) atoms. The molecular weight excluding hydrogens is 370 g/mol. The first-order chi connectivity index (χ1) is 13.5. The number of hydrogen-bond donors (Lipinski definition) is 1. The van der Waals surface area contributed by atoms with Crippen LogP contribution in [0.5, 0.6) is 0 Å². The average molecular weight is 389 g/mol. The summed E-state index contributed by atoms with van der Waals surface area (Å²) in [6.45, 7) is 2.00. The molecule has 0 amide bonds. The van der Waals surface area contributed by atoms with Crippen LogP contribution < -0.4 is 0 Å². The fraction of sp³-hybridized carbons (Fsp3) is 0.136. The molecule has 0 aliphatic heterocycles. The molecule has 1 N–H and O–H groups in total. The van der Waals surface area contributed by atoms with Crippen molar-refractivity contribution < 1.29 is 9.90 Å². The summed E-state index contributed by atoms with van der Waals surface area (Å²) in [5.41, 5.74) is 4.92. The summed E-state index contributed by atoms with van der Waals surface area (Å²) in [5.74, 6) is -0.989. The lowest BCUT2D eigenvalue weighted by atomic mass is 10.0. The molecule has 6 heteroatoms. The molecule has 0 saturated heterocycles. The van der Waals surface area contributed by atoms with Crippen LogP contribution in [-0.4, -0.2) is 32.1 Å². The lowest BCUT2D eigenvalue weighted by molar-refractivity contribution is 0.0694. The van der Waals surface area contributed by atoms with E-state index >= 15 is 0 Å². The highest BCUT2D eigenvalue weighted by atomic mass is 32.2. The van der Waals surface area contributed by atoms with Crippen molar-refractivity contribution in [3.8, 4) is 22.5 Å². The minimum absolute atomic E-state index is 0.217. The molecule has 4 rings (SSSR count). The van der Waals surface area contributed by atoms with E-state index in [1.165, 1.54) is 11.8 Å². The Morgan fingerprint density at radius 1 is 1.00 bits per heavy atom. The second-order valence-corrected chi connectivity index (χ2v) is 7.39. The van der Waals surface area contributed by atoms with E-state index in [4.69, 9.17) is 4.98 Å². The highest BCUT2D eigenvalue weighted by Gasteiger charge is 2.26. The number of carboxylic acids is 1. The lowest BCUT2D eigenvalue weighted by Crippen LogP contribution is -2.06. The molecule has 0 aliphatic rings. The van der Waals surface area contributed by atoms with Crippen molar-refractivity contribution >= 4 is 28.8 Å². The lowest BCUT2D eigenvalue weighted by Gasteiger charge is -2.12. The van der Waals surface area contributed by atoms with Crippen molar-refractivity contribution in [2.45, 2.75) is 11.8 Å². The van der Waals surface area contributed by atoms with Gasteiger partial charge >= 0.3 is 5.97 Å². The number of thioether (sulfide) groups is 1. The molecule has 5 nitrogen and oxygen atoms in total. The molecule has 0 aliphatic carbocycles. The third-order valence-electron chi connectivity index (χ3n) is 4.72. The molecule has 0 spiro atoms. The molecule has 0 fully saturated rings. The smallest absolute Gasteiger partial charge is 0.339 e. The summed E-state index contributed by atoms with van der Waals surface area (Å²) in [6, 6.07) is 17.5. The largest absolute Gasteiger partial charge is 0.478 e. The number of aromatic carboxylic acids is 1. The summed E-state index contributed by atoms with van der Waals surface area (Å²) in [4.78, 5) is 17.7. The van der Waals surface area contributed by atoms with Crippen LogP contribution in [0, 0.1) is 6.92 Å². The maximum atomic E-state index is 12.3. The standard InChI is InChI=1S/C22H19N3O2S/c1-13-9-11-15(12-10-13)18-17(22(26)27)20(28-3)16-19(14-7-5-4-6-8-14)24-25(2)21(16)23-18/h4-12H,1-3H3,(H,26,27). The Hall–Kier alpha value is -3.12. The van der Waals surface area contributed by atoms with Gasteiger partial charge < -0.3 is 5.11 Å². The third-order valence-corrected chi connectivity index (χ3v) is 5.53. The van der Waals surface area contributed by atoms with E-state index in [0.29, 0.717) is 16.2 Å². The van der Waals surface area contributed by atoms with Crippen LogP contribution in [0.3, 0.4) is 0 Å². The van der Waals surface area contributed by atoms with Crippen molar-refractivity contribution in [3.63, 3.8) is 0 Å². The van der Waals surface area contributed by atoms with E-state index < -0.39 is 5.97 Å². The van der Waals surface area contributed by atoms with Crippen LogP contribution >= 0.6 is 11.8 Å². The first kappa shape index (κ1) is 18.3. The number of fused-ring (bicyclic) bond motifs is 1. The number of pyridine rings is 1. The second kappa shape index (κ2) is 7.13. The van der Waals surface area contributed by atoms with Gasteiger partial charge in [-0.1, -0.05) is 60.2 Å². The molecule has 0 atom stereocenters. The Labute approximate surface area is 167 Å². The van der Waals surface area contributed by atoms with E-state index in [9.17, 15) is 9.90 Å². The molecule has 2 aromatic carbocycles. The summed E-state index contributed by atoms with van der Waals surface area (Å²) in [7, 11) is 1.84. The van der Waals surface area contributed by atoms with Gasteiger partial charge in [0.1, 0.15) is 11.3 Å². The fourth-order valence-corrected chi connectivity index (χ4v) is 4.15. The number of carboxylic acid groups (broad SMARTS) is 1. The van der Waals surface area contributed by atoms with Crippen LogP contribution in [0.25, 0.3) is 33.5 Å². The Balaban J connectivity index is 2.11. The maximum absolute atomic E-state index is 12.3. The van der Waals surface area contributed by atoms with Crippen LogP contribution in [-0.2, 0) is 7.05 Å². The topological polar surface area (TPSA) is 68.0 Å². The number of carbonyl (C=O) groups is 1. The van der Waals surface area contributed by atoms with Crippen LogP contribution in [0.1, 0.15) is 15.9 Å². The molecule has 2 heterocycles. The van der Waals surface area contributed by atoms with E-state index in [1.807, 2.05) is 74.8 Å². The molecule has 4 aromatic rings. The molecule has 0 unspecified atom stereocenters. The first-order valence-corrected chi connectivity index (χ1v) is 10.0. The van der Waals surface area contributed by atoms with Crippen molar-refractivity contribution in [1.29, 1.82) is 0 Å². The highest BCUT2D eigenvalue weighted by Crippen LogP contribution is 2.39. The van der Waals surface area contributed by atoms with Gasteiger partial charge in [0.05, 0.1) is 11.1 Å². The predicted octanol–water partition coefficient (Wildman–Crippen LogP) is 5.03. The zero-order valence-electron chi connectivity index (χ0n) is 15.8. The summed E-state index contributed by atoms with van der Waals surface area (Å²) >= 11 is 1.41. The van der Waals surface area contributed by atoms with Gasteiger partial charge in [0, 0.05) is 23.1 Å². The van der Waals surface area contributed by atoms with Crippen LogP contribution in [0.15, 0.2) is 59.5 Å². The van der Waals surface area contributed by atoms with Gasteiger partial charge in [-0.15, -0.1) is 11.8 Å². The van der Waals surface area contributed by atoms with Gasteiger partial charge in [-0.25, -0.2) is 14.5 Å². The molecule has 0 saturated carbocycles. The van der Waals surface area contributed by atoms with Crippen molar-refractivity contribution in [1.82, 2.24) is 14.8 Å². The van der Waals surface area contributed by atoms with Crippen molar-refractivity contribution in [3.05, 3.63) is 65.7 Å². The number of rotatable bonds is 4. The van der Waals surface area contributed by atoms with Gasteiger partial charge in [0.2, 0.25) is 0 Å². The Morgan fingerprint density at radius 2 is 1.64 bits per heavy atom. The number of aryl methyl sites for hydroxylation is 2. The minimum Gasteiger partial charge on any atom is -0.478 e. The van der Waals surface area contributed by atoms with E-state index in [-0.39, 0.29) is 5.56 Å². The third kappa shape index (κ3) is 2.96. The van der Waals surface area contributed by atoms with E-state index in [0.717, 1.165) is 27.8 Å². The number of nitrogens with zero attached hydrogens (tertiary/aromatic N) is 3. The first-order valence-electron chi connectivity index (χ1n) is 8.81. The summed E-state index contributed by atoms with van der Waals surface area (Å²) in [5, 5.41) is 15.5. The quantitative estimate of drug-likeness (QED) is 0.496. The molecular formula is C22H19N3O2S. The fourth-order valence-electron chi connectivity index (χ4n) is 3.37. The average Bonchev–Trinajstić information content (AvgIpc) is 3.04. The van der Waals surface area contributed by atoms with Gasteiger partial charge in [-0.3, -0.25) is 0 Å². The SMILES string of the molecule is CSc1c(C(=O)O)c(-c2ccc(C)cc2)nc2c1c(-c1ccccc1)nn2C. The Bertz CT molecular complexity index is 1180. The number of benzene rings is 2. The van der Waals surface area contributed by atoms with Gasteiger partial charge in [-0.2, -0.15) is 5.10 Å². The zero-order valence-corrected chi connectivity index (χ0v) is 16.6. The van der Waals surface area contributed by atoms with E-state index in [2.05, 4.69) is 5.10 Å². The minimum atomic E-state index is -0.989. The summed E-state index contributed by atoms with van der Waals surface area (Å²) < 4.78 is 1.72. The number of aromatic nitrogens is 3. The monoisotopic (exact) mass is 389 g/mol. The second-order valence-electron chi connectivity index (χ2n) is 6.58. The molecule has 140 valence electrons. The predicted molar refractivity (Wildman–Crippen MR) is 113 cm³/mol. The number of hydrogen-bond acceptors (Lipinski definition) is 4. The van der Waals surface area contributed by atoms with Gasteiger partial charge in [0.15, 0.2) is 5.65 Å². The molecule has 2 aromatic heterocycles.